The number of carbonyl (C=O) groups excluding carboxylic acids is 1. The molecule has 12 heavy (non-hydrogen) atoms. The maximum atomic E-state index is 11.4. The average molecular weight is 166 g/mol. The Morgan fingerprint density at radius 2 is 2.08 bits per heavy atom. The summed E-state index contributed by atoms with van der Waals surface area (Å²) < 4.78 is 0. The van der Waals surface area contributed by atoms with E-state index in [-0.39, 0.29) is 0 Å². The van der Waals surface area contributed by atoms with E-state index < -0.39 is 0 Å². The van der Waals surface area contributed by atoms with Crippen molar-refractivity contribution >= 4 is 5.78 Å². The Hall–Kier alpha value is -0.330. The van der Waals surface area contributed by atoms with E-state index in [0.717, 1.165) is 37.0 Å². The lowest BCUT2D eigenvalue weighted by molar-refractivity contribution is -0.119. The van der Waals surface area contributed by atoms with Crippen LogP contribution in [0.2, 0.25) is 0 Å². The van der Waals surface area contributed by atoms with Crippen molar-refractivity contribution in [3.63, 3.8) is 0 Å². The maximum Gasteiger partial charge on any atom is 0.133 e. The molecule has 0 N–H and O–H groups in total. The van der Waals surface area contributed by atoms with Crippen molar-refractivity contribution in [3.8, 4) is 0 Å². The molecular weight excluding hydrogens is 148 g/mol. The predicted molar refractivity (Wildman–Crippen MR) is 48.9 cm³/mol. The molecule has 0 aromatic carbocycles. The van der Waals surface area contributed by atoms with Crippen LogP contribution in [0.15, 0.2) is 0 Å². The molecule has 2 fully saturated rings. The zero-order valence-electron chi connectivity index (χ0n) is 7.88. The summed E-state index contributed by atoms with van der Waals surface area (Å²) in [4.78, 5) is 11.4. The van der Waals surface area contributed by atoms with Gasteiger partial charge in [0.15, 0.2) is 0 Å². The van der Waals surface area contributed by atoms with Crippen molar-refractivity contribution in [3.05, 3.63) is 0 Å². The number of ketones is 1. The largest absolute Gasteiger partial charge is 0.300 e. The fourth-order valence-corrected chi connectivity index (χ4v) is 3.02. The normalized spacial score (nSPS) is 42.4. The minimum atomic E-state index is 0.524. The van der Waals surface area contributed by atoms with Crippen LogP contribution in [-0.4, -0.2) is 5.78 Å². The standard InChI is InChI=1S/C11H18O/c1-8-5-6-9-3-2-4-10(12)7-11(8)9/h8-9,11H,2-7H2,1H3/t8-,9-,11+/m0/s1. The molecule has 0 saturated heterocycles. The highest BCUT2D eigenvalue weighted by molar-refractivity contribution is 5.78. The molecule has 2 aliphatic rings. The first-order valence-corrected chi connectivity index (χ1v) is 5.29. The van der Waals surface area contributed by atoms with Crippen LogP contribution in [0, 0.1) is 17.8 Å². The summed E-state index contributed by atoms with van der Waals surface area (Å²) in [5, 5.41) is 0. The molecule has 2 saturated carbocycles. The van der Waals surface area contributed by atoms with Gasteiger partial charge in [0.25, 0.3) is 0 Å². The van der Waals surface area contributed by atoms with E-state index in [2.05, 4.69) is 6.92 Å². The molecule has 0 aromatic rings. The molecule has 2 aliphatic carbocycles. The van der Waals surface area contributed by atoms with Crippen LogP contribution in [0.5, 0.6) is 0 Å². The molecule has 0 radical (unpaired) electrons. The van der Waals surface area contributed by atoms with Crippen LogP contribution < -0.4 is 0 Å². The van der Waals surface area contributed by atoms with Gasteiger partial charge in [0.2, 0.25) is 0 Å². The van der Waals surface area contributed by atoms with Gasteiger partial charge in [-0.1, -0.05) is 13.3 Å². The number of Topliss-reactive ketones (excluding diaryl/α,β-unsaturated/α-hetero) is 1. The third-order valence-corrected chi connectivity index (χ3v) is 3.82. The van der Waals surface area contributed by atoms with Gasteiger partial charge in [0.1, 0.15) is 5.78 Å². The summed E-state index contributed by atoms with van der Waals surface area (Å²) in [6.07, 6.45) is 6.99. The summed E-state index contributed by atoms with van der Waals surface area (Å²) in [7, 11) is 0. The molecule has 2 rings (SSSR count). The monoisotopic (exact) mass is 166 g/mol. The van der Waals surface area contributed by atoms with Gasteiger partial charge in [-0.25, -0.2) is 0 Å². The molecule has 3 atom stereocenters. The van der Waals surface area contributed by atoms with Crippen LogP contribution in [0.25, 0.3) is 0 Å². The lowest BCUT2D eigenvalue weighted by Gasteiger charge is -2.18. The Labute approximate surface area is 74.5 Å². The highest BCUT2D eigenvalue weighted by Crippen LogP contribution is 2.43. The molecule has 0 amide bonds. The van der Waals surface area contributed by atoms with E-state index in [9.17, 15) is 4.79 Å². The summed E-state index contributed by atoms with van der Waals surface area (Å²) in [6, 6.07) is 0. The Balaban J connectivity index is 2.08. The minimum Gasteiger partial charge on any atom is -0.300 e. The highest BCUT2D eigenvalue weighted by Gasteiger charge is 2.35. The molecule has 68 valence electrons. The van der Waals surface area contributed by atoms with Crippen LogP contribution in [0.3, 0.4) is 0 Å². The molecular formula is C11H18O. The van der Waals surface area contributed by atoms with E-state index in [1.165, 1.54) is 19.3 Å². The second kappa shape index (κ2) is 3.20. The van der Waals surface area contributed by atoms with Gasteiger partial charge in [-0.05, 0) is 37.0 Å². The van der Waals surface area contributed by atoms with Crippen molar-refractivity contribution in [2.24, 2.45) is 17.8 Å². The highest BCUT2D eigenvalue weighted by atomic mass is 16.1. The topological polar surface area (TPSA) is 17.1 Å². The molecule has 1 nitrogen and oxygen atoms in total. The summed E-state index contributed by atoms with van der Waals surface area (Å²) >= 11 is 0. The second-order valence-electron chi connectivity index (χ2n) is 4.61. The summed E-state index contributed by atoms with van der Waals surface area (Å²) in [5.41, 5.74) is 0. The SMILES string of the molecule is C[C@H]1CC[C@@H]2CCCC(=O)C[C@@H]21. The Morgan fingerprint density at radius 3 is 2.92 bits per heavy atom. The van der Waals surface area contributed by atoms with Crippen molar-refractivity contribution in [2.45, 2.75) is 45.4 Å². The fraction of sp³-hybridized carbons (Fsp3) is 0.909. The number of hydrogen-bond donors (Lipinski definition) is 0. The van der Waals surface area contributed by atoms with Crippen molar-refractivity contribution in [1.29, 1.82) is 0 Å². The van der Waals surface area contributed by atoms with Gasteiger partial charge in [-0.3, -0.25) is 4.79 Å². The average Bonchev–Trinajstić information content (AvgIpc) is 2.31. The lowest BCUT2D eigenvalue weighted by Crippen LogP contribution is -2.14. The van der Waals surface area contributed by atoms with Gasteiger partial charge in [-0.2, -0.15) is 0 Å². The number of hydrogen-bond acceptors (Lipinski definition) is 1. The smallest absolute Gasteiger partial charge is 0.133 e. The van der Waals surface area contributed by atoms with Crippen LogP contribution >= 0.6 is 0 Å². The van der Waals surface area contributed by atoms with Gasteiger partial charge < -0.3 is 0 Å². The first-order chi connectivity index (χ1) is 5.77. The second-order valence-corrected chi connectivity index (χ2v) is 4.61. The van der Waals surface area contributed by atoms with Crippen molar-refractivity contribution < 1.29 is 4.79 Å². The molecule has 0 unspecified atom stereocenters. The van der Waals surface area contributed by atoms with Crippen molar-refractivity contribution in [2.75, 3.05) is 0 Å². The molecule has 1 heteroatoms. The van der Waals surface area contributed by atoms with Crippen LogP contribution in [-0.2, 0) is 4.79 Å². The maximum absolute atomic E-state index is 11.4. The fourth-order valence-electron chi connectivity index (χ4n) is 3.02. The van der Waals surface area contributed by atoms with E-state index in [1.54, 1.807) is 0 Å². The molecule has 0 aliphatic heterocycles. The van der Waals surface area contributed by atoms with E-state index in [1.807, 2.05) is 0 Å². The minimum absolute atomic E-state index is 0.524. The third-order valence-electron chi connectivity index (χ3n) is 3.82. The zero-order chi connectivity index (χ0) is 8.55. The summed E-state index contributed by atoms with van der Waals surface area (Å²) in [5.74, 6) is 2.99. The van der Waals surface area contributed by atoms with Crippen LogP contribution in [0.1, 0.15) is 45.4 Å². The molecule has 0 aromatic heterocycles. The first kappa shape index (κ1) is 8.28. The molecule has 0 heterocycles. The number of fused-ring (bicyclic) bond motifs is 1. The predicted octanol–water partition coefficient (Wildman–Crippen LogP) is 2.79. The van der Waals surface area contributed by atoms with E-state index in [4.69, 9.17) is 0 Å². The van der Waals surface area contributed by atoms with Crippen molar-refractivity contribution in [1.82, 2.24) is 0 Å². The van der Waals surface area contributed by atoms with E-state index in [0.29, 0.717) is 5.78 Å². The number of carbonyl (C=O) groups is 1. The lowest BCUT2D eigenvalue weighted by atomic mass is 9.86. The number of rotatable bonds is 0. The Morgan fingerprint density at radius 1 is 1.25 bits per heavy atom. The third kappa shape index (κ3) is 1.41. The van der Waals surface area contributed by atoms with Crippen LogP contribution in [0.4, 0.5) is 0 Å². The molecule has 0 bridgehead atoms. The van der Waals surface area contributed by atoms with Gasteiger partial charge in [0, 0.05) is 12.8 Å². The Kier molecular flexibility index (Phi) is 2.20. The first-order valence-electron chi connectivity index (χ1n) is 5.29. The molecule has 0 spiro atoms. The van der Waals surface area contributed by atoms with Gasteiger partial charge in [-0.15, -0.1) is 0 Å². The van der Waals surface area contributed by atoms with Gasteiger partial charge in [0.05, 0.1) is 0 Å². The Bertz CT molecular complexity index is 185. The van der Waals surface area contributed by atoms with E-state index >= 15 is 0 Å². The quantitative estimate of drug-likeness (QED) is 0.541. The van der Waals surface area contributed by atoms with Gasteiger partial charge >= 0.3 is 0 Å². The zero-order valence-corrected chi connectivity index (χ0v) is 7.88. The summed E-state index contributed by atoms with van der Waals surface area (Å²) in [6.45, 7) is 2.32.